The number of ether oxygens (including phenoxy) is 1. The quantitative estimate of drug-likeness (QED) is 0.750. The van der Waals surface area contributed by atoms with Crippen LogP contribution in [-0.2, 0) is 14.3 Å². The molecule has 0 aromatic carbocycles. The van der Waals surface area contributed by atoms with Crippen molar-refractivity contribution in [1.82, 2.24) is 0 Å². The van der Waals surface area contributed by atoms with Gasteiger partial charge in [0.15, 0.2) is 5.60 Å². The van der Waals surface area contributed by atoms with E-state index in [1.165, 1.54) is 0 Å². The molecule has 0 saturated carbocycles. The lowest BCUT2D eigenvalue weighted by Crippen LogP contribution is -2.55. The highest BCUT2D eigenvalue weighted by Crippen LogP contribution is 2.48. The molecular weight excluding hydrogens is 306 g/mol. The number of alkyl halides is 2. The summed E-state index contributed by atoms with van der Waals surface area (Å²) in [7, 11) is 0. The van der Waals surface area contributed by atoms with Gasteiger partial charge in [-0.1, -0.05) is 41.5 Å². The predicted octanol–water partition coefficient (Wildman–Crippen LogP) is 4.52. The monoisotopic (exact) mass is 336 g/mol. The van der Waals surface area contributed by atoms with E-state index in [4.69, 9.17) is 9.84 Å². The number of rotatable bonds is 5. The molecule has 0 saturated heterocycles. The molecule has 0 heterocycles. The standard InChI is InChI=1S/C17H30F2O4/c1-13(2,3)10-16(9,14(4,5)6)12(22)23-15(7,8)17(18,19)11(20)21/h10H2,1-9H3,(H,20,21). The Hall–Kier alpha value is -1.20. The summed E-state index contributed by atoms with van der Waals surface area (Å²) in [5.74, 6) is -7.31. The average Bonchev–Trinajstić information content (AvgIpc) is 2.23. The Morgan fingerprint density at radius 2 is 1.30 bits per heavy atom. The van der Waals surface area contributed by atoms with Crippen molar-refractivity contribution in [1.29, 1.82) is 0 Å². The second kappa shape index (κ2) is 6.02. The molecule has 0 spiro atoms. The zero-order chi connectivity index (χ0) is 19.1. The van der Waals surface area contributed by atoms with Crippen molar-refractivity contribution in [2.24, 2.45) is 16.2 Å². The smallest absolute Gasteiger partial charge is 0.380 e. The second-order valence-electron chi connectivity index (χ2n) is 9.10. The van der Waals surface area contributed by atoms with Crippen LogP contribution in [0.25, 0.3) is 0 Å². The highest BCUT2D eigenvalue weighted by Gasteiger charge is 2.59. The first-order valence-electron chi connectivity index (χ1n) is 7.63. The Balaban J connectivity index is 5.73. The van der Waals surface area contributed by atoms with E-state index in [2.05, 4.69) is 0 Å². The number of carbonyl (C=O) groups excluding carboxylic acids is 1. The van der Waals surface area contributed by atoms with Gasteiger partial charge in [-0.25, -0.2) is 4.79 Å². The normalized spacial score (nSPS) is 16.7. The number of hydrogen-bond donors (Lipinski definition) is 1. The summed E-state index contributed by atoms with van der Waals surface area (Å²) < 4.78 is 32.7. The molecule has 1 N–H and O–H groups in total. The van der Waals surface area contributed by atoms with Gasteiger partial charge in [-0.3, -0.25) is 4.79 Å². The van der Waals surface area contributed by atoms with Crippen LogP contribution in [0, 0.1) is 16.2 Å². The van der Waals surface area contributed by atoms with Crippen LogP contribution in [0.5, 0.6) is 0 Å². The molecule has 0 aliphatic heterocycles. The van der Waals surface area contributed by atoms with Gasteiger partial charge < -0.3 is 9.84 Å². The van der Waals surface area contributed by atoms with Crippen molar-refractivity contribution in [3.8, 4) is 0 Å². The Labute approximate surface area is 137 Å². The van der Waals surface area contributed by atoms with Gasteiger partial charge in [0.2, 0.25) is 0 Å². The molecule has 23 heavy (non-hydrogen) atoms. The van der Waals surface area contributed by atoms with Crippen molar-refractivity contribution >= 4 is 11.9 Å². The summed E-state index contributed by atoms with van der Waals surface area (Å²) >= 11 is 0. The van der Waals surface area contributed by atoms with E-state index >= 15 is 0 Å². The van der Waals surface area contributed by atoms with Crippen LogP contribution < -0.4 is 0 Å². The van der Waals surface area contributed by atoms with Crippen LogP contribution in [0.4, 0.5) is 8.78 Å². The highest BCUT2D eigenvalue weighted by molar-refractivity contribution is 5.81. The fourth-order valence-electron chi connectivity index (χ4n) is 2.37. The third kappa shape index (κ3) is 4.64. The summed E-state index contributed by atoms with van der Waals surface area (Å²) in [5, 5.41) is 8.70. The van der Waals surface area contributed by atoms with E-state index < -0.39 is 34.3 Å². The topological polar surface area (TPSA) is 63.6 Å². The molecule has 0 amide bonds. The zero-order valence-corrected chi connectivity index (χ0v) is 15.6. The Bertz CT molecular complexity index is 470. The summed E-state index contributed by atoms with van der Waals surface area (Å²) in [5.41, 5.74) is -4.27. The van der Waals surface area contributed by atoms with Gasteiger partial charge in [-0.15, -0.1) is 0 Å². The molecule has 0 aromatic heterocycles. The van der Waals surface area contributed by atoms with Crippen LogP contribution >= 0.6 is 0 Å². The molecule has 136 valence electrons. The number of hydrogen-bond acceptors (Lipinski definition) is 3. The van der Waals surface area contributed by atoms with Crippen LogP contribution in [0.3, 0.4) is 0 Å². The van der Waals surface area contributed by atoms with Crippen LogP contribution in [0.1, 0.15) is 68.7 Å². The Morgan fingerprint density at radius 3 is 1.57 bits per heavy atom. The maximum atomic E-state index is 13.8. The van der Waals surface area contributed by atoms with Crippen molar-refractivity contribution in [3.05, 3.63) is 0 Å². The Morgan fingerprint density at radius 1 is 0.913 bits per heavy atom. The van der Waals surface area contributed by atoms with Crippen LogP contribution in [-0.4, -0.2) is 28.6 Å². The van der Waals surface area contributed by atoms with E-state index in [-0.39, 0.29) is 5.41 Å². The van der Waals surface area contributed by atoms with Gasteiger partial charge in [-0.05, 0) is 38.0 Å². The number of carboxylic acid groups (broad SMARTS) is 1. The third-order valence-electron chi connectivity index (χ3n) is 4.36. The fourth-order valence-corrected chi connectivity index (χ4v) is 2.37. The second-order valence-corrected chi connectivity index (χ2v) is 9.10. The number of esters is 1. The van der Waals surface area contributed by atoms with E-state index in [0.29, 0.717) is 6.42 Å². The minimum Gasteiger partial charge on any atom is -0.477 e. The molecule has 0 aromatic rings. The first-order valence-corrected chi connectivity index (χ1v) is 7.63. The maximum absolute atomic E-state index is 13.8. The first kappa shape index (κ1) is 21.8. The van der Waals surface area contributed by atoms with Gasteiger partial charge in [0, 0.05) is 0 Å². The number of halogens is 2. The number of aliphatic carboxylic acids is 1. The highest BCUT2D eigenvalue weighted by atomic mass is 19.3. The van der Waals surface area contributed by atoms with Gasteiger partial charge in [0.1, 0.15) is 0 Å². The average molecular weight is 336 g/mol. The predicted molar refractivity (Wildman–Crippen MR) is 84.4 cm³/mol. The summed E-state index contributed by atoms with van der Waals surface area (Å²) in [6.45, 7) is 14.9. The van der Waals surface area contributed by atoms with Gasteiger partial charge in [0.25, 0.3) is 0 Å². The van der Waals surface area contributed by atoms with Crippen LogP contribution in [0.15, 0.2) is 0 Å². The number of carboxylic acids is 1. The summed E-state index contributed by atoms with van der Waals surface area (Å²) in [6, 6.07) is 0. The molecule has 4 nitrogen and oxygen atoms in total. The maximum Gasteiger partial charge on any atom is 0.380 e. The molecule has 0 radical (unpaired) electrons. The number of carbonyl (C=O) groups is 2. The summed E-state index contributed by atoms with van der Waals surface area (Å²) in [6.07, 6.45) is 0.414. The third-order valence-corrected chi connectivity index (χ3v) is 4.36. The van der Waals surface area contributed by atoms with E-state index in [1.807, 2.05) is 41.5 Å². The zero-order valence-electron chi connectivity index (χ0n) is 15.6. The lowest BCUT2D eigenvalue weighted by molar-refractivity contribution is -0.223. The lowest BCUT2D eigenvalue weighted by atomic mass is 9.61. The van der Waals surface area contributed by atoms with Gasteiger partial charge in [0.05, 0.1) is 5.41 Å². The minimum absolute atomic E-state index is 0.236. The van der Waals surface area contributed by atoms with Crippen molar-refractivity contribution in [2.75, 3.05) is 0 Å². The molecular formula is C17H30F2O4. The Kier molecular flexibility index (Phi) is 5.71. The minimum atomic E-state index is -4.18. The molecule has 0 rings (SSSR count). The van der Waals surface area contributed by atoms with Gasteiger partial charge >= 0.3 is 17.9 Å². The lowest BCUT2D eigenvalue weighted by Gasteiger charge is -2.45. The molecule has 0 fully saturated rings. The molecule has 6 heteroatoms. The summed E-state index contributed by atoms with van der Waals surface area (Å²) in [4.78, 5) is 23.5. The van der Waals surface area contributed by atoms with Gasteiger partial charge in [-0.2, -0.15) is 8.78 Å². The van der Waals surface area contributed by atoms with E-state index in [9.17, 15) is 18.4 Å². The van der Waals surface area contributed by atoms with E-state index in [1.54, 1.807) is 6.92 Å². The molecule has 0 aliphatic carbocycles. The molecule has 1 unspecified atom stereocenters. The SMILES string of the molecule is CC(C)(C)CC(C)(C(=O)OC(C)(C)C(F)(F)C(=O)O)C(C)(C)C. The molecule has 1 atom stereocenters. The largest absolute Gasteiger partial charge is 0.477 e. The van der Waals surface area contributed by atoms with Crippen molar-refractivity contribution in [3.63, 3.8) is 0 Å². The van der Waals surface area contributed by atoms with Crippen molar-refractivity contribution < 1.29 is 28.2 Å². The van der Waals surface area contributed by atoms with Crippen molar-refractivity contribution in [2.45, 2.75) is 80.3 Å². The first-order chi connectivity index (χ1) is 9.78. The fraction of sp³-hybridized carbons (Fsp3) is 0.882. The molecule has 0 bridgehead atoms. The van der Waals surface area contributed by atoms with E-state index in [0.717, 1.165) is 13.8 Å². The van der Waals surface area contributed by atoms with Crippen LogP contribution in [0.2, 0.25) is 0 Å². The molecule has 0 aliphatic rings.